The minimum atomic E-state index is -0.562. The molecule has 2 amide bonds. The van der Waals surface area contributed by atoms with Crippen LogP contribution in [-0.2, 0) is 21.9 Å². The zero-order valence-electron chi connectivity index (χ0n) is 19.2. The van der Waals surface area contributed by atoms with Crippen molar-refractivity contribution in [3.8, 4) is 5.75 Å². The van der Waals surface area contributed by atoms with E-state index in [2.05, 4.69) is 36.5 Å². The van der Waals surface area contributed by atoms with Crippen LogP contribution in [0, 0.1) is 6.92 Å². The molecule has 0 heterocycles. The first-order valence-electron chi connectivity index (χ1n) is 10.7. The number of aryl methyl sites for hydroxylation is 1. The van der Waals surface area contributed by atoms with Gasteiger partial charge in [0.1, 0.15) is 11.8 Å². The molecule has 2 aromatic carbocycles. The van der Waals surface area contributed by atoms with Crippen molar-refractivity contribution in [1.82, 2.24) is 10.2 Å². The van der Waals surface area contributed by atoms with E-state index in [-0.39, 0.29) is 17.9 Å². The molecular weight excluding hydrogens is 408 g/mol. The zero-order valence-corrected chi connectivity index (χ0v) is 20.0. The number of hydrogen-bond donors (Lipinski definition) is 1. The van der Waals surface area contributed by atoms with Gasteiger partial charge in [-0.3, -0.25) is 9.59 Å². The molecule has 2 aromatic rings. The van der Waals surface area contributed by atoms with Gasteiger partial charge in [0.05, 0.1) is 12.9 Å². The minimum absolute atomic E-state index is 0.0493. The molecule has 0 spiro atoms. The van der Waals surface area contributed by atoms with Gasteiger partial charge in [-0.25, -0.2) is 0 Å². The normalized spacial score (nSPS) is 12.7. The lowest BCUT2D eigenvalue weighted by molar-refractivity contribution is -0.138. The number of rotatable bonds is 11. The molecule has 0 aliphatic heterocycles. The van der Waals surface area contributed by atoms with Gasteiger partial charge >= 0.3 is 0 Å². The smallest absolute Gasteiger partial charge is 0.242 e. The highest BCUT2D eigenvalue weighted by Gasteiger charge is 2.26. The Labute approximate surface area is 190 Å². The van der Waals surface area contributed by atoms with Crippen LogP contribution in [-0.4, -0.2) is 41.7 Å². The summed E-state index contributed by atoms with van der Waals surface area (Å²) in [4.78, 5) is 27.6. The maximum atomic E-state index is 13.1. The minimum Gasteiger partial charge on any atom is -0.497 e. The number of ether oxygens (including phenoxy) is 1. The van der Waals surface area contributed by atoms with Crippen LogP contribution >= 0.6 is 11.8 Å². The maximum absolute atomic E-state index is 13.1. The Kier molecular flexibility index (Phi) is 9.92. The lowest BCUT2D eigenvalue weighted by Gasteiger charge is -2.29. The quantitative estimate of drug-likeness (QED) is 0.554. The first-order chi connectivity index (χ1) is 14.8. The topological polar surface area (TPSA) is 58.6 Å². The summed E-state index contributed by atoms with van der Waals surface area (Å²) in [5.74, 6) is 1.63. The molecule has 168 valence electrons. The van der Waals surface area contributed by atoms with Crippen molar-refractivity contribution < 1.29 is 14.3 Å². The van der Waals surface area contributed by atoms with Crippen LogP contribution in [0.5, 0.6) is 5.75 Å². The Bertz CT molecular complexity index is 854. The van der Waals surface area contributed by atoms with Gasteiger partial charge in [0.2, 0.25) is 11.8 Å². The second-order valence-corrected chi connectivity index (χ2v) is 8.83. The number of thioether (sulfide) groups is 1. The molecule has 6 heteroatoms. The maximum Gasteiger partial charge on any atom is 0.242 e. The number of hydrogen-bond acceptors (Lipinski definition) is 4. The fourth-order valence-corrected chi connectivity index (χ4v) is 3.91. The summed E-state index contributed by atoms with van der Waals surface area (Å²) in [6, 6.07) is 15.4. The molecule has 0 aromatic heterocycles. The van der Waals surface area contributed by atoms with E-state index in [0.29, 0.717) is 12.3 Å². The van der Waals surface area contributed by atoms with E-state index in [9.17, 15) is 9.59 Å². The van der Waals surface area contributed by atoms with E-state index >= 15 is 0 Å². The van der Waals surface area contributed by atoms with Gasteiger partial charge in [-0.15, -0.1) is 11.8 Å². The molecule has 1 N–H and O–H groups in total. The molecule has 0 saturated carbocycles. The number of benzene rings is 2. The van der Waals surface area contributed by atoms with Crippen LogP contribution in [0.25, 0.3) is 0 Å². The molecule has 0 aliphatic carbocycles. The molecule has 5 nitrogen and oxygen atoms in total. The summed E-state index contributed by atoms with van der Waals surface area (Å²) in [5.41, 5.74) is 3.33. The van der Waals surface area contributed by atoms with Crippen LogP contribution in [0.4, 0.5) is 0 Å². The summed E-state index contributed by atoms with van der Waals surface area (Å²) in [6.45, 7) is 8.20. The van der Waals surface area contributed by atoms with E-state index in [4.69, 9.17) is 4.74 Å². The highest BCUT2D eigenvalue weighted by atomic mass is 32.2. The summed E-state index contributed by atoms with van der Waals surface area (Å²) in [5, 5.41) is 3.00. The third kappa shape index (κ3) is 7.94. The van der Waals surface area contributed by atoms with Crippen LogP contribution in [0.3, 0.4) is 0 Å². The van der Waals surface area contributed by atoms with Crippen LogP contribution in [0.15, 0.2) is 48.5 Å². The monoisotopic (exact) mass is 442 g/mol. The second kappa shape index (κ2) is 12.4. The average molecular weight is 443 g/mol. The Hall–Kier alpha value is -2.47. The van der Waals surface area contributed by atoms with E-state index in [0.717, 1.165) is 23.5 Å². The van der Waals surface area contributed by atoms with Crippen molar-refractivity contribution in [3.63, 3.8) is 0 Å². The summed E-state index contributed by atoms with van der Waals surface area (Å²) in [6.07, 6.45) is 0.842. The first kappa shape index (κ1) is 24.8. The van der Waals surface area contributed by atoms with Crippen LogP contribution in [0.2, 0.25) is 0 Å². The number of nitrogens with one attached hydrogen (secondary N) is 1. The molecule has 0 aliphatic rings. The third-order valence-corrected chi connectivity index (χ3v) is 6.26. The van der Waals surface area contributed by atoms with Gasteiger partial charge in [0.15, 0.2) is 0 Å². The summed E-state index contributed by atoms with van der Waals surface area (Å²) in [7, 11) is 1.62. The number of nitrogens with zero attached hydrogens (tertiary/aromatic N) is 1. The Balaban J connectivity index is 2.09. The van der Waals surface area contributed by atoms with E-state index in [1.807, 2.05) is 38.1 Å². The molecule has 0 radical (unpaired) electrons. The second-order valence-electron chi connectivity index (χ2n) is 7.85. The van der Waals surface area contributed by atoms with E-state index in [1.165, 1.54) is 11.1 Å². The van der Waals surface area contributed by atoms with Crippen molar-refractivity contribution >= 4 is 23.6 Å². The molecular formula is C25H34N2O3S. The van der Waals surface area contributed by atoms with Gasteiger partial charge in [0.25, 0.3) is 0 Å². The SMILES string of the molecule is CC[C@@H](C)NC(=O)[C@@H](C)N(Cc1cccc(OC)c1)C(=O)CSCc1ccc(C)cc1. The molecule has 0 fully saturated rings. The molecule has 31 heavy (non-hydrogen) atoms. The number of carbonyl (C=O) groups excluding carboxylic acids is 2. The van der Waals surface area contributed by atoms with Crippen LogP contribution < -0.4 is 10.1 Å². The number of carbonyl (C=O) groups is 2. The van der Waals surface area contributed by atoms with Gasteiger partial charge in [-0.1, -0.05) is 48.9 Å². The highest BCUT2D eigenvalue weighted by molar-refractivity contribution is 7.99. The predicted octanol–water partition coefficient (Wildman–Crippen LogP) is 4.57. The predicted molar refractivity (Wildman–Crippen MR) is 128 cm³/mol. The van der Waals surface area contributed by atoms with E-state index < -0.39 is 6.04 Å². The molecule has 0 unspecified atom stereocenters. The Morgan fingerprint density at radius 2 is 1.81 bits per heavy atom. The standard InChI is InChI=1S/C25H34N2O3S/c1-6-19(3)26-25(29)20(4)27(15-22-8-7-9-23(14-22)30-5)24(28)17-31-16-21-12-10-18(2)11-13-21/h7-14,19-20H,6,15-17H2,1-5H3,(H,26,29)/t19-,20-/m1/s1. The van der Waals surface area contributed by atoms with Crippen LogP contribution in [0.1, 0.15) is 43.9 Å². The highest BCUT2D eigenvalue weighted by Crippen LogP contribution is 2.19. The van der Waals surface area contributed by atoms with Gasteiger partial charge in [-0.05, 0) is 50.5 Å². The Morgan fingerprint density at radius 1 is 1.10 bits per heavy atom. The largest absolute Gasteiger partial charge is 0.497 e. The van der Waals surface area contributed by atoms with Gasteiger partial charge in [-0.2, -0.15) is 0 Å². The van der Waals surface area contributed by atoms with Crippen molar-refractivity contribution in [2.24, 2.45) is 0 Å². The molecule has 2 rings (SSSR count). The summed E-state index contributed by atoms with van der Waals surface area (Å²) >= 11 is 1.57. The fourth-order valence-electron chi connectivity index (χ4n) is 3.04. The lowest BCUT2D eigenvalue weighted by atomic mass is 10.1. The number of methoxy groups -OCH3 is 1. The van der Waals surface area contributed by atoms with Crippen molar-refractivity contribution in [3.05, 3.63) is 65.2 Å². The average Bonchev–Trinajstić information content (AvgIpc) is 2.78. The molecule has 0 bridgehead atoms. The van der Waals surface area contributed by atoms with Gasteiger partial charge < -0.3 is 15.0 Å². The van der Waals surface area contributed by atoms with Crippen molar-refractivity contribution in [2.45, 2.75) is 58.5 Å². The fraction of sp³-hybridized carbons (Fsp3) is 0.440. The Morgan fingerprint density at radius 3 is 2.45 bits per heavy atom. The third-order valence-electron chi connectivity index (χ3n) is 5.27. The van der Waals surface area contributed by atoms with Crippen molar-refractivity contribution in [2.75, 3.05) is 12.9 Å². The molecule has 0 saturated heterocycles. The summed E-state index contributed by atoms with van der Waals surface area (Å²) < 4.78 is 5.31. The van der Waals surface area contributed by atoms with E-state index in [1.54, 1.807) is 30.7 Å². The van der Waals surface area contributed by atoms with Gasteiger partial charge in [0, 0.05) is 18.3 Å². The first-order valence-corrected chi connectivity index (χ1v) is 11.9. The molecule has 2 atom stereocenters. The van der Waals surface area contributed by atoms with Crippen molar-refractivity contribution in [1.29, 1.82) is 0 Å². The lowest BCUT2D eigenvalue weighted by Crippen LogP contribution is -2.50. The zero-order chi connectivity index (χ0) is 22.8. The number of amides is 2.